The van der Waals surface area contributed by atoms with E-state index in [1.807, 2.05) is 37.8 Å². The molecule has 0 saturated carbocycles. The molecule has 2 N–H and O–H groups in total. The SMILES string of the molecule is CC(C)(C)CC(=O)Nc1cc(C(=O)N2CCNCC2)ccc1N1CCCN(C(=O)c2cccc(F)c2)CC1. The number of piperazine rings is 1. The van der Waals surface area contributed by atoms with Crippen molar-refractivity contribution < 1.29 is 18.8 Å². The maximum atomic E-state index is 13.7. The number of rotatable bonds is 5. The number of hydrogen-bond donors (Lipinski definition) is 2. The van der Waals surface area contributed by atoms with Gasteiger partial charge in [0, 0.05) is 69.9 Å². The van der Waals surface area contributed by atoms with E-state index in [1.165, 1.54) is 12.1 Å². The Hall–Kier alpha value is -3.46. The molecule has 0 bridgehead atoms. The van der Waals surface area contributed by atoms with Crippen LogP contribution in [0.15, 0.2) is 42.5 Å². The Morgan fingerprint density at radius 2 is 1.55 bits per heavy atom. The van der Waals surface area contributed by atoms with Crippen molar-refractivity contribution in [3.8, 4) is 0 Å². The number of amides is 3. The van der Waals surface area contributed by atoms with Crippen LogP contribution in [-0.4, -0.2) is 79.9 Å². The molecule has 8 nitrogen and oxygen atoms in total. The van der Waals surface area contributed by atoms with E-state index < -0.39 is 5.82 Å². The first-order valence-corrected chi connectivity index (χ1v) is 13.3. The molecule has 2 heterocycles. The zero-order chi connectivity index (χ0) is 27.3. The Kier molecular flexibility index (Phi) is 8.66. The average molecular weight is 524 g/mol. The van der Waals surface area contributed by atoms with E-state index in [9.17, 15) is 18.8 Å². The maximum absolute atomic E-state index is 13.7. The van der Waals surface area contributed by atoms with E-state index in [0.717, 1.165) is 25.2 Å². The molecule has 0 aromatic heterocycles. The largest absolute Gasteiger partial charge is 0.368 e. The standard InChI is InChI=1S/C29H38FN5O3/c1-29(2,3)20-26(36)32-24-19-22(28(38)35-14-10-31-11-15-35)8-9-25(24)33-12-5-13-34(17-16-33)27(37)21-6-4-7-23(30)18-21/h4,6-9,18-19,31H,5,10-17,20H2,1-3H3,(H,32,36). The van der Waals surface area contributed by atoms with Crippen molar-refractivity contribution in [1.29, 1.82) is 0 Å². The molecule has 2 aromatic carbocycles. The van der Waals surface area contributed by atoms with E-state index in [0.29, 0.717) is 62.5 Å². The molecule has 0 unspecified atom stereocenters. The molecule has 204 valence electrons. The second kappa shape index (κ2) is 11.9. The summed E-state index contributed by atoms with van der Waals surface area (Å²) in [5, 5.41) is 6.32. The van der Waals surface area contributed by atoms with Gasteiger partial charge in [-0.2, -0.15) is 0 Å². The highest BCUT2D eigenvalue weighted by molar-refractivity contribution is 6.00. The van der Waals surface area contributed by atoms with Crippen molar-refractivity contribution in [1.82, 2.24) is 15.1 Å². The van der Waals surface area contributed by atoms with Crippen molar-refractivity contribution in [2.75, 3.05) is 62.6 Å². The molecule has 4 rings (SSSR count). The molecule has 9 heteroatoms. The fraction of sp³-hybridized carbons (Fsp3) is 0.483. The average Bonchev–Trinajstić information content (AvgIpc) is 3.13. The Morgan fingerprint density at radius 3 is 2.24 bits per heavy atom. The van der Waals surface area contributed by atoms with Gasteiger partial charge >= 0.3 is 0 Å². The van der Waals surface area contributed by atoms with Gasteiger partial charge in [0.15, 0.2) is 0 Å². The van der Waals surface area contributed by atoms with Crippen LogP contribution in [0.25, 0.3) is 0 Å². The number of carbonyl (C=O) groups is 3. The van der Waals surface area contributed by atoms with Gasteiger partial charge in [-0.3, -0.25) is 14.4 Å². The lowest BCUT2D eigenvalue weighted by atomic mass is 9.92. The van der Waals surface area contributed by atoms with E-state index in [1.54, 1.807) is 23.1 Å². The summed E-state index contributed by atoms with van der Waals surface area (Å²) >= 11 is 0. The summed E-state index contributed by atoms with van der Waals surface area (Å²) in [6.07, 6.45) is 1.07. The van der Waals surface area contributed by atoms with Gasteiger partial charge in [0.2, 0.25) is 5.91 Å². The number of carbonyl (C=O) groups excluding carboxylic acids is 3. The molecule has 2 aromatic rings. The number of nitrogens with one attached hydrogen (secondary N) is 2. The lowest BCUT2D eigenvalue weighted by Gasteiger charge is -2.29. The molecule has 2 fully saturated rings. The van der Waals surface area contributed by atoms with Crippen molar-refractivity contribution in [3.05, 3.63) is 59.4 Å². The Balaban J connectivity index is 1.55. The molecule has 2 aliphatic rings. The quantitative estimate of drug-likeness (QED) is 0.626. The number of benzene rings is 2. The molecule has 0 aliphatic carbocycles. The predicted molar refractivity (Wildman–Crippen MR) is 147 cm³/mol. The van der Waals surface area contributed by atoms with Crippen molar-refractivity contribution in [3.63, 3.8) is 0 Å². The van der Waals surface area contributed by atoms with Gasteiger partial charge in [0.05, 0.1) is 11.4 Å². The zero-order valence-corrected chi connectivity index (χ0v) is 22.6. The van der Waals surface area contributed by atoms with Crippen LogP contribution in [0.2, 0.25) is 0 Å². The third-order valence-electron chi connectivity index (χ3n) is 6.81. The van der Waals surface area contributed by atoms with E-state index in [2.05, 4.69) is 15.5 Å². The van der Waals surface area contributed by atoms with Crippen molar-refractivity contribution in [2.45, 2.75) is 33.6 Å². The van der Waals surface area contributed by atoms with Crippen molar-refractivity contribution in [2.24, 2.45) is 5.41 Å². The number of anilines is 2. The fourth-order valence-corrected chi connectivity index (χ4v) is 4.94. The van der Waals surface area contributed by atoms with Crippen LogP contribution in [0.3, 0.4) is 0 Å². The Bertz CT molecular complexity index is 1170. The van der Waals surface area contributed by atoms with Gasteiger partial charge in [0.25, 0.3) is 11.8 Å². The molecule has 0 radical (unpaired) electrons. The van der Waals surface area contributed by atoms with Crippen LogP contribution in [0.4, 0.5) is 15.8 Å². The molecular weight excluding hydrogens is 485 g/mol. The number of halogens is 1. The second-order valence-corrected chi connectivity index (χ2v) is 11.2. The third-order valence-corrected chi connectivity index (χ3v) is 6.81. The topological polar surface area (TPSA) is 85.0 Å². The molecule has 0 atom stereocenters. The molecule has 2 aliphatic heterocycles. The smallest absolute Gasteiger partial charge is 0.254 e. The van der Waals surface area contributed by atoms with Crippen LogP contribution in [-0.2, 0) is 4.79 Å². The highest BCUT2D eigenvalue weighted by Crippen LogP contribution is 2.30. The lowest BCUT2D eigenvalue weighted by molar-refractivity contribution is -0.117. The van der Waals surface area contributed by atoms with Gasteiger partial charge in [-0.1, -0.05) is 26.8 Å². The van der Waals surface area contributed by atoms with Gasteiger partial charge < -0.3 is 25.3 Å². The highest BCUT2D eigenvalue weighted by Gasteiger charge is 2.25. The normalized spacial score (nSPS) is 16.7. The monoisotopic (exact) mass is 523 g/mol. The first-order valence-electron chi connectivity index (χ1n) is 13.3. The number of hydrogen-bond acceptors (Lipinski definition) is 5. The summed E-state index contributed by atoms with van der Waals surface area (Å²) in [5.74, 6) is -0.782. The van der Waals surface area contributed by atoms with Gasteiger partial charge in [-0.05, 0) is 48.2 Å². The lowest BCUT2D eigenvalue weighted by Crippen LogP contribution is -2.46. The molecule has 2 saturated heterocycles. The second-order valence-electron chi connectivity index (χ2n) is 11.2. The molecule has 0 spiro atoms. The minimum atomic E-state index is -0.432. The van der Waals surface area contributed by atoms with Gasteiger partial charge in [-0.15, -0.1) is 0 Å². The highest BCUT2D eigenvalue weighted by atomic mass is 19.1. The molecule has 3 amide bonds. The van der Waals surface area contributed by atoms with E-state index in [-0.39, 0.29) is 23.1 Å². The summed E-state index contributed by atoms with van der Waals surface area (Å²) in [6.45, 7) is 11.1. The van der Waals surface area contributed by atoms with E-state index in [4.69, 9.17) is 0 Å². The first-order chi connectivity index (χ1) is 18.1. The Morgan fingerprint density at radius 1 is 0.868 bits per heavy atom. The maximum Gasteiger partial charge on any atom is 0.254 e. The zero-order valence-electron chi connectivity index (χ0n) is 22.6. The summed E-state index contributed by atoms with van der Waals surface area (Å²) < 4.78 is 13.7. The van der Waals surface area contributed by atoms with Crippen molar-refractivity contribution >= 4 is 29.1 Å². The Labute approximate surface area is 224 Å². The number of nitrogens with zero attached hydrogens (tertiary/aromatic N) is 3. The molecular formula is C29H38FN5O3. The fourth-order valence-electron chi connectivity index (χ4n) is 4.94. The van der Waals surface area contributed by atoms with Crippen LogP contribution in [0.5, 0.6) is 0 Å². The summed E-state index contributed by atoms with van der Waals surface area (Å²) in [4.78, 5) is 44.8. The van der Waals surface area contributed by atoms with Crippen LogP contribution in [0, 0.1) is 11.2 Å². The first kappa shape index (κ1) is 27.6. The van der Waals surface area contributed by atoms with Gasteiger partial charge in [0.1, 0.15) is 5.82 Å². The summed E-state index contributed by atoms with van der Waals surface area (Å²) in [7, 11) is 0. The minimum absolute atomic E-state index is 0.0490. The van der Waals surface area contributed by atoms with Crippen LogP contribution < -0.4 is 15.5 Å². The van der Waals surface area contributed by atoms with Crippen LogP contribution in [0.1, 0.15) is 54.3 Å². The predicted octanol–water partition coefficient (Wildman–Crippen LogP) is 3.60. The van der Waals surface area contributed by atoms with Gasteiger partial charge in [-0.25, -0.2) is 4.39 Å². The third kappa shape index (κ3) is 7.10. The van der Waals surface area contributed by atoms with Crippen LogP contribution >= 0.6 is 0 Å². The summed E-state index contributed by atoms with van der Waals surface area (Å²) in [6, 6.07) is 11.3. The minimum Gasteiger partial charge on any atom is -0.368 e. The summed E-state index contributed by atoms with van der Waals surface area (Å²) in [5.41, 5.74) is 2.12. The molecule has 38 heavy (non-hydrogen) atoms. The van der Waals surface area contributed by atoms with E-state index >= 15 is 0 Å².